The van der Waals surface area contributed by atoms with Crippen molar-refractivity contribution in [2.75, 3.05) is 47.2 Å². The Morgan fingerprint density at radius 3 is 1.69 bits per heavy atom. The fourth-order valence-corrected chi connectivity index (χ4v) is 9.85. The third-order valence-corrected chi connectivity index (χ3v) is 12.5. The number of pyridine rings is 2. The number of urea groups is 2. The third kappa shape index (κ3) is 8.54. The first kappa shape index (κ1) is 47.6. The quantitative estimate of drug-likeness (QED) is 0.0795. The number of nitrogens with zero attached hydrogens (tertiary/aromatic N) is 5. The summed E-state index contributed by atoms with van der Waals surface area (Å²) in [6, 6.07) is 8.72. The molecule has 0 bridgehead atoms. The van der Waals surface area contributed by atoms with Gasteiger partial charge in [-0.3, -0.25) is 19.2 Å². The summed E-state index contributed by atoms with van der Waals surface area (Å²) in [5.41, 5.74) is -0.272. The van der Waals surface area contributed by atoms with Crippen molar-refractivity contribution >= 4 is 175 Å². The van der Waals surface area contributed by atoms with Crippen molar-refractivity contribution in [2.24, 2.45) is 0 Å². The molecular weight excluding hydrogens is 1070 g/mol. The van der Waals surface area contributed by atoms with Gasteiger partial charge in [0.1, 0.15) is 54.1 Å². The molecule has 0 radical (unpaired) electrons. The number of hydrogen-bond donors (Lipinski definition) is 3. The van der Waals surface area contributed by atoms with Crippen LogP contribution in [0.4, 0.5) is 43.7 Å². The van der Waals surface area contributed by atoms with Crippen molar-refractivity contribution in [3.8, 4) is 35.1 Å². The van der Waals surface area contributed by atoms with Crippen LogP contribution >= 0.6 is 96.4 Å². The SMILES string of the molecule is CCOC(=O)c1sc2[nH]c(=O)c(C#N)c3c2c1NC(=O)N3c1c(Cl)ccc2c1OCO2.CCOC(=O)c1sc2nc(Cl)c(C#N)c3c2c1NC(=O)N3c1c(Cl)ccc2c1OCO2.O=P(Cl)(Cl)Cl. The van der Waals surface area contributed by atoms with Crippen LogP contribution in [0.25, 0.3) is 20.4 Å². The van der Waals surface area contributed by atoms with Crippen LogP contribution in [0.2, 0.25) is 15.2 Å². The lowest BCUT2D eigenvalue weighted by Crippen LogP contribution is -2.36. The predicted octanol–water partition coefficient (Wildman–Crippen LogP) is 11.6. The summed E-state index contributed by atoms with van der Waals surface area (Å²) in [6.45, 7) is 3.48. The van der Waals surface area contributed by atoms with Crippen molar-refractivity contribution in [1.82, 2.24) is 9.97 Å². The lowest BCUT2D eigenvalue weighted by Gasteiger charge is -2.30. The summed E-state index contributed by atoms with van der Waals surface area (Å²) in [5.74, 6) is -0.0833. The molecule has 4 aromatic heterocycles. The van der Waals surface area contributed by atoms with E-state index in [4.69, 9.17) is 63.2 Å². The topological polar surface area (TPSA) is 265 Å². The summed E-state index contributed by atoms with van der Waals surface area (Å²) in [4.78, 5) is 74.1. The van der Waals surface area contributed by atoms with Crippen molar-refractivity contribution < 1.29 is 52.2 Å². The number of nitrogens with one attached hydrogen (secondary N) is 3. The minimum atomic E-state index is -3.22. The number of halogens is 6. The number of thiophene rings is 2. The first-order chi connectivity index (χ1) is 31.9. The number of esters is 2. The number of aromatic nitrogens is 2. The average Bonchev–Trinajstić information content (AvgIpc) is 4.08. The number of hydrogen-bond acceptors (Lipinski definition) is 17. The van der Waals surface area contributed by atoms with Crippen LogP contribution in [0, 0.1) is 22.7 Å². The zero-order valence-electron chi connectivity index (χ0n) is 33.3. The highest BCUT2D eigenvalue weighted by Crippen LogP contribution is 2.61. The van der Waals surface area contributed by atoms with E-state index in [2.05, 4.69) is 54.3 Å². The molecule has 0 unspecified atom stereocenters. The van der Waals surface area contributed by atoms with Crippen LogP contribution in [0.15, 0.2) is 29.1 Å². The van der Waals surface area contributed by atoms with Gasteiger partial charge in [-0.25, -0.2) is 24.2 Å². The zero-order chi connectivity index (χ0) is 48.2. The van der Waals surface area contributed by atoms with E-state index in [-0.39, 0.29) is 109 Å². The Bertz CT molecular complexity index is 3360. The Balaban J connectivity index is 0.000000165. The van der Waals surface area contributed by atoms with Crippen molar-refractivity contribution in [3.63, 3.8) is 0 Å². The molecule has 4 aliphatic rings. The van der Waals surface area contributed by atoms with Crippen LogP contribution in [-0.4, -0.2) is 60.8 Å². The first-order valence-corrected chi connectivity index (χ1v) is 25.7. The summed E-state index contributed by atoms with van der Waals surface area (Å²) in [5, 5.41) is 22.6. The lowest BCUT2D eigenvalue weighted by molar-refractivity contribution is 0.0523. The summed E-state index contributed by atoms with van der Waals surface area (Å²) < 4.78 is 41.5. The Labute approximate surface area is 411 Å². The van der Waals surface area contributed by atoms with Crippen LogP contribution in [0.1, 0.15) is 44.3 Å². The smallest absolute Gasteiger partial charge is 0.350 e. The molecule has 0 spiro atoms. The predicted molar refractivity (Wildman–Crippen MR) is 251 cm³/mol. The molecule has 8 heterocycles. The number of carbonyl (C=O) groups excluding carboxylic acids is 4. The van der Waals surface area contributed by atoms with Crippen LogP contribution in [-0.2, 0) is 14.0 Å². The Morgan fingerprint density at radius 1 is 0.746 bits per heavy atom. The molecule has 0 atom stereocenters. The van der Waals surface area contributed by atoms with E-state index in [1.165, 1.54) is 11.0 Å². The van der Waals surface area contributed by atoms with Crippen molar-refractivity contribution in [3.05, 3.63) is 70.7 Å². The molecule has 10 rings (SSSR count). The number of nitriles is 2. The van der Waals surface area contributed by atoms with E-state index in [1.54, 1.807) is 32.0 Å². The number of aromatic amines is 1. The highest BCUT2D eigenvalue weighted by molar-refractivity contribution is 8.24. The van der Waals surface area contributed by atoms with Gasteiger partial charge in [-0.1, -0.05) is 34.8 Å². The second-order valence-electron chi connectivity index (χ2n) is 13.2. The van der Waals surface area contributed by atoms with Gasteiger partial charge in [-0.15, -0.1) is 22.7 Å². The number of carbonyl (C=O) groups is 4. The van der Waals surface area contributed by atoms with Gasteiger partial charge in [0.25, 0.3) is 5.56 Å². The maximum atomic E-state index is 13.3. The molecular formula is C38H21Cl6N8O12PS2. The molecule has 4 aliphatic heterocycles. The van der Waals surface area contributed by atoms with Gasteiger partial charge < -0.3 is 44.0 Å². The number of rotatable bonds is 6. The molecule has 4 amide bonds. The number of anilines is 6. The molecule has 0 fully saturated rings. The number of fused-ring (bicyclic) bond motifs is 2. The summed E-state index contributed by atoms with van der Waals surface area (Å²) in [7, 11) is 0. The van der Waals surface area contributed by atoms with E-state index in [0.29, 0.717) is 31.9 Å². The van der Waals surface area contributed by atoms with E-state index in [0.717, 1.165) is 27.6 Å². The Kier molecular flexibility index (Phi) is 13.2. The van der Waals surface area contributed by atoms with Gasteiger partial charge >= 0.3 is 29.2 Å². The molecule has 6 aromatic rings. The molecule has 0 saturated heterocycles. The molecule has 0 aliphatic carbocycles. The second kappa shape index (κ2) is 18.6. The minimum absolute atomic E-state index is 0.00222. The van der Waals surface area contributed by atoms with E-state index < -0.39 is 34.8 Å². The lowest BCUT2D eigenvalue weighted by atomic mass is 10.1. The average molecular weight is 1090 g/mol. The monoisotopic (exact) mass is 1090 g/mol. The van der Waals surface area contributed by atoms with Crippen molar-refractivity contribution in [2.45, 2.75) is 13.8 Å². The Morgan fingerprint density at radius 2 is 1.21 bits per heavy atom. The van der Waals surface area contributed by atoms with Gasteiger partial charge in [-0.05, 0) is 71.8 Å². The van der Waals surface area contributed by atoms with Gasteiger partial charge in [0.05, 0.1) is 56.8 Å². The Hall–Kier alpha value is -5.91. The zero-order valence-corrected chi connectivity index (χ0v) is 40.4. The summed E-state index contributed by atoms with van der Waals surface area (Å²) >= 11 is 34.9. The number of benzene rings is 2. The highest BCUT2D eigenvalue weighted by atomic mass is 36.0. The standard InChI is InChI=1S/C19H10Cl2N4O5S.C19H11ClN4O6S.Cl3OP/c1-2-28-18(26)15-11-10-12(7(5-22)16(21)24-17(10)31-15)25(19(27)23-11)13-8(20)3-4-9-14(13)30-6-29-9;1-2-28-18(26)15-11-10-12(7(5-21)16(25)23-17(10)31-15)24(19(27)22-11)13-8(20)3-4-9-14(13)30-6-29-9;1-5(2,3)4/h3-4H,2,6H2,1H3,(H,23,27);3-4H,2,6H2,1H3,(H,22,27)(H,23,25);. The molecule has 67 heavy (non-hydrogen) atoms. The minimum Gasteiger partial charge on any atom is -0.462 e. The number of H-pyrrole nitrogens is 1. The van der Waals surface area contributed by atoms with Crippen molar-refractivity contribution in [1.29, 1.82) is 10.5 Å². The maximum absolute atomic E-state index is 13.3. The number of ether oxygens (including phenoxy) is 6. The van der Waals surface area contributed by atoms with Gasteiger partial charge in [0.15, 0.2) is 28.2 Å². The molecule has 20 nitrogen and oxygen atoms in total. The summed E-state index contributed by atoms with van der Waals surface area (Å²) in [6.07, 6.45) is 0. The van der Waals surface area contributed by atoms with Gasteiger partial charge in [0, 0.05) is 0 Å². The van der Waals surface area contributed by atoms with E-state index in [9.17, 15) is 39.1 Å². The highest BCUT2D eigenvalue weighted by Gasteiger charge is 2.41. The largest absolute Gasteiger partial charge is 0.462 e. The molecule has 2 aromatic carbocycles. The molecule has 344 valence electrons. The fraction of sp³-hybridized carbons (Fsp3) is 0.158. The van der Waals surface area contributed by atoms with Gasteiger partial charge in [-0.2, -0.15) is 10.5 Å². The fourth-order valence-electron chi connectivity index (χ4n) is 7.04. The third-order valence-electron chi connectivity index (χ3n) is 9.44. The molecule has 0 saturated carbocycles. The first-order valence-electron chi connectivity index (χ1n) is 18.5. The maximum Gasteiger partial charge on any atom is 0.350 e. The van der Waals surface area contributed by atoms with Gasteiger partial charge in [0.2, 0.25) is 13.6 Å². The molecule has 29 heteroatoms. The van der Waals surface area contributed by atoms with Crippen LogP contribution in [0.3, 0.4) is 0 Å². The molecule has 3 N–H and O–H groups in total. The van der Waals surface area contributed by atoms with Crippen LogP contribution in [0.5, 0.6) is 23.0 Å². The van der Waals surface area contributed by atoms with Crippen LogP contribution < -0.4 is 44.9 Å². The van der Waals surface area contributed by atoms with E-state index >= 15 is 0 Å². The second-order valence-corrected chi connectivity index (χ2v) is 23.0. The van der Waals surface area contributed by atoms with E-state index in [1.807, 2.05) is 12.1 Å². The number of amides is 4. The normalized spacial score (nSPS) is 13.7.